The third-order valence-electron chi connectivity index (χ3n) is 2.55. The van der Waals surface area contributed by atoms with Crippen molar-refractivity contribution in [3.63, 3.8) is 0 Å². The van der Waals surface area contributed by atoms with Crippen molar-refractivity contribution in [1.29, 1.82) is 0 Å². The SMILES string of the molecule is Nc1ccnc(N2CCCCCC2)n1. The zero-order chi connectivity index (χ0) is 9.80. The van der Waals surface area contributed by atoms with Crippen LogP contribution >= 0.6 is 0 Å². The molecule has 0 amide bonds. The molecular formula is C10H16N4. The zero-order valence-corrected chi connectivity index (χ0v) is 8.32. The van der Waals surface area contributed by atoms with Crippen LogP contribution in [0.3, 0.4) is 0 Å². The Labute approximate surface area is 84.2 Å². The molecule has 0 unspecified atom stereocenters. The number of anilines is 2. The molecule has 2 heterocycles. The lowest BCUT2D eigenvalue weighted by Gasteiger charge is -2.19. The van der Waals surface area contributed by atoms with Gasteiger partial charge in [0.05, 0.1) is 0 Å². The molecule has 4 nitrogen and oxygen atoms in total. The molecule has 1 aliphatic heterocycles. The summed E-state index contributed by atoms with van der Waals surface area (Å²) >= 11 is 0. The van der Waals surface area contributed by atoms with E-state index in [0.717, 1.165) is 19.0 Å². The van der Waals surface area contributed by atoms with E-state index in [1.165, 1.54) is 25.7 Å². The quantitative estimate of drug-likeness (QED) is 0.731. The second kappa shape index (κ2) is 4.26. The average molecular weight is 192 g/mol. The Kier molecular flexibility index (Phi) is 2.81. The summed E-state index contributed by atoms with van der Waals surface area (Å²) in [5.41, 5.74) is 5.63. The highest BCUT2D eigenvalue weighted by Gasteiger charge is 2.11. The number of nitrogens with zero attached hydrogens (tertiary/aromatic N) is 3. The van der Waals surface area contributed by atoms with Crippen LogP contribution in [0, 0.1) is 0 Å². The second-order valence-electron chi connectivity index (χ2n) is 3.68. The molecule has 0 aromatic carbocycles. The Morgan fingerprint density at radius 3 is 2.50 bits per heavy atom. The molecule has 4 heteroatoms. The molecular weight excluding hydrogens is 176 g/mol. The normalized spacial score (nSPS) is 17.9. The van der Waals surface area contributed by atoms with Gasteiger partial charge in [-0.25, -0.2) is 4.98 Å². The van der Waals surface area contributed by atoms with Crippen molar-refractivity contribution < 1.29 is 0 Å². The van der Waals surface area contributed by atoms with E-state index in [0.29, 0.717) is 5.82 Å². The van der Waals surface area contributed by atoms with E-state index in [1.807, 2.05) is 0 Å². The first kappa shape index (κ1) is 9.24. The van der Waals surface area contributed by atoms with Gasteiger partial charge in [0, 0.05) is 19.3 Å². The number of rotatable bonds is 1. The highest BCUT2D eigenvalue weighted by atomic mass is 15.3. The Balaban J connectivity index is 2.12. The minimum absolute atomic E-state index is 0.555. The van der Waals surface area contributed by atoms with Crippen molar-refractivity contribution in [2.75, 3.05) is 23.7 Å². The van der Waals surface area contributed by atoms with Crippen LogP contribution in [-0.2, 0) is 0 Å². The monoisotopic (exact) mass is 192 g/mol. The van der Waals surface area contributed by atoms with Crippen molar-refractivity contribution in [1.82, 2.24) is 9.97 Å². The molecule has 1 aliphatic rings. The molecule has 1 aromatic rings. The fourth-order valence-electron chi connectivity index (χ4n) is 1.78. The molecule has 0 radical (unpaired) electrons. The van der Waals surface area contributed by atoms with E-state index in [-0.39, 0.29) is 0 Å². The van der Waals surface area contributed by atoms with Crippen LogP contribution in [0.2, 0.25) is 0 Å². The smallest absolute Gasteiger partial charge is 0.227 e. The maximum atomic E-state index is 5.63. The summed E-state index contributed by atoms with van der Waals surface area (Å²) in [6.07, 6.45) is 6.83. The minimum atomic E-state index is 0.555. The fourth-order valence-corrected chi connectivity index (χ4v) is 1.78. The third kappa shape index (κ3) is 2.13. The van der Waals surface area contributed by atoms with Gasteiger partial charge in [0.1, 0.15) is 5.82 Å². The molecule has 0 spiro atoms. The molecule has 0 saturated carbocycles. The highest BCUT2D eigenvalue weighted by Crippen LogP contribution is 2.15. The Morgan fingerprint density at radius 2 is 1.86 bits per heavy atom. The number of hydrogen-bond donors (Lipinski definition) is 1. The van der Waals surface area contributed by atoms with Crippen LogP contribution < -0.4 is 10.6 Å². The van der Waals surface area contributed by atoms with Crippen LogP contribution in [0.1, 0.15) is 25.7 Å². The Bertz CT molecular complexity index is 292. The maximum absolute atomic E-state index is 5.63. The molecule has 1 aromatic heterocycles. The summed E-state index contributed by atoms with van der Waals surface area (Å²) in [5.74, 6) is 1.34. The minimum Gasteiger partial charge on any atom is -0.384 e. The van der Waals surface area contributed by atoms with Gasteiger partial charge in [0.25, 0.3) is 0 Å². The van der Waals surface area contributed by atoms with Gasteiger partial charge in [0.2, 0.25) is 5.95 Å². The molecule has 76 valence electrons. The topological polar surface area (TPSA) is 55.0 Å². The molecule has 0 atom stereocenters. The summed E-state index contributed by atoms with van der Waals surface area (Å²) in [6, 6.07) is 1.72. The van der Waals surface area contributed by atoms with E-state index < -0.39 is 0 Å². The summed E-state index contributed by atoms with van der Waals surface area (Å²) in [6.45, 7) is 2.12. The van der Waals surface area contributed by atoms with Crippen molar-refractivity contribution in [2.24, 2.45) is 0 Å². The van der Waals surface area contributed by atoms with Gasteiger partial charge in [-0.1, -0.05) is 12.8 Å². The first-order valence-electron chi connectivity index (χ1n) is 5.20. The van der Waals surface area contributed by atoms with Gasteiger partial charge in [-0.15, -0.1) is 0 Å². The molecule has 0 aliphatic carbocycles. The zero-order valence-electron chi connectivity index (χ0n) is 8.32. The fraction of sp³-hybridized carbons (Fsp3) is 0.600. The van der Waals surface area contributed by atoms with Crippen LogP contribution in [0.5, 0.6) is 0 Å². The van der Waals surface area contributed by atoms with Crippen molar-refractivity contribution in [3.8, 4) is 0 Å². The van der Waals surface area contributed by atoms with Crippen LogP contribution in [0.15, 0.2) is 12.3 Å². The van der Waals surface area contributed by atoms with E-state index in [1.54, 1.807) is 12.3 Å². The summed E-state index contributed by atoms with van der Waals surface area (Å²) < 4.78 is 0. The van der Waals surface area contributed by atoms with Crippen LogP contribution in [0.4, 0.5) is 11.8 Å². The number of nitrogen functional groups attached to an aromatic ring is 1. The summed E-state index contributed by atoms with van der Waals surface area (Å²) in [4.78, 5) is 10.7. The van der Waals surface area contributed by atoms with Gasteiger partial charge in [0.15, 0.2) is 0 Å². The lowest BCUT2D eigenvalue weighted by atomic mass is 10.2. The van der Waals surface area contributed by atoms with E-state index in [4.69, 9.17) is 5.73 Å². The Hall–Kier alpha value is -1.32. The van der Waals surface area contributed by atoms with Crippen LogP contribution in [-0.4, -0.2) is 23.1 Å². The second-order valence-corrected chi connectivity index (χ2v) is 3.68. The largest absolute Gasteiger partial charge is 0.384 e. The molecule has 2 N–H and O–H groups in total. The van der Waals surface area contributed by atoms with Crippen molar-refractivity contribution in [3.05, 3.63) is 12.3 Å². The van der Waals surface area contributed by atoms with Gasteiger partial charge < -0.3 is 10.6 Å². The van der Waals surface area contributed by atoms with E-state index in [9.17, 15) is 0 Å². The van der Waals surface area contributed by atoms with E-state index >= 15 is 0 Å². The summed E-state index contributed by atoms with van der Waals surface area (Å²) in [5, 5.41) is 0. The molecule has 0 bridgehead atoms. The maximum Gasteiger partial charge on any atom is 0.227 e. The molecule has 2 rings (SSSR count). The standard InChI is InChI=1S/C10H16N4/c11-9-5-6-12-10(13-9)14-7-3-1-2-4-8-14/h5-6H,1-4,7-8H2,(H2,11,12,13). The Morgan fingerprint density at radius 1 is 1.14 bits per heavy atom. The number of nitrogens with two attached hydrogens (primary N) is 1. The van der Waals surface area contributed by atoms with Gasteiger partial charge in [-0.05, 0) is 18.9 Å². The number of hydrogen-bond acceptors (Lipinski definition) is 4. The molecule has 14 heavy (non-hydrogen) atoms. The van der Waals surface area contributed by atoms with Crippen molar-refractivity contribution in [2.45, 2.75) is 25.7 Å². The average Bonchev–Trinajstić information content (AvgIpc) is 2.45. The predicted molar refractivity (Wildman–Crippen MR) is 57.1 cm³/mol. The number of aromatic nitrogens is 2. The molecule has 1 saturated heterocycles. The van der Waals surface area contributed by atoms with Gasteiger partial charge in [-0.3, -0.25) is 0 Å². The van der Waals surface area contributed by atoms with Gasteiger partial charge in [-0.2, -0.15) is 4.98 Å². The van der Waals surface area contributed by atoms with Crippen molar-refractivity contribution >= 4 is 11.8 Å². The first-order chi connectivity index (χ1) is 6.86. The third-order valence-corrected chi connectivity index (χ3v) is 2.55. The summed E-state index contributed by atoms with van der Waals surface area (Å²) in [7, 11) is 0. The van der Waals surface area contributed by atoms with E-state index in [2.05, 4.69) is 14.9 Å². The lowest BCUT2D eigenvalue weighted by Crippen LogP contribution is -2.26. The lowest BCUT2D eigenvalue weighted by molar-refractivity contribution is 0.726. The molecule has 1 fully saturated rings. The van der Waals surface area contributed by atoms with Crippen LogP contribution in [0.25, 0.3) is 0 Å². The van der Waals surface area contributed by atoms with Gasteiger partial charge >= 0.3 is 0 Å². The highest BCUT2D eigenvalue weighted by molar-refractivity contribution is 5.37. The first-order valence-corrected chi connectivity index (χ1v) is 5.20. The predicted octanol–water partition coefficient (Wildman–Crippen LogP) is 1.44.